The Hall–Kier alpha value is -5.42. The molecule has 204 valence electrons. The van der Waals surface area contributed by atoms with Gasteiger partial charge in [-0.25, -0.2) is 4.98 Å². The van der Waals surface area contributed by atoms with E-state index in [1.54, 1.807) is 30.5 Å². The van der Waals surface area contributed by atoms with Crippen molar-refractivity contribution in [3.8, 4) is 17.6 Å². The highest BCUT2D eigenvalue weighted by Gasteiger charge is 2.23. The number of carbonyl (C=O) groups excluding carboxylic acids is 2. The number of aromatic nitrogens is 1. The summed E-state index contributed by atoms with van der Waals surface area (Å²) in [5.74, 6) is 2.38. The van der Waals surface area contributed by atoms with Crippen LogP contribution in [0.2, 0.25) is 0 Å². The zero-order valence-electron chi connectivity index (χ0n) is 22.6. The number of piperazine rings is 1. The molecule has 0 atom stereocenters. The molecule has 0 aliphatic carbocycles. The first kappa shape index (κ1) is 27.2. The number of anilines is 1. The van der Waals surface area contributed by atoms with E-state index in [-0.39, 0.29) is 5.91 Å². The van der Waals surface area contributed by atoms with Gasteiger partial charge >= 0.3 is 0 Å². The predicted octanol–water partition coefficient (Wildman–Crippen LogP) is 5.69. The Labute approximate surface area is 238 Å². The summed E-state index contributed by atoms with van der Waals surface area (Å²) >= 11 is 0. The number of hydrogen-bond acceptors (Lipinski definition) is 7. The van der Waals surface area contributed by atoms with Gasteiger partial charge in [0.25, 0.3) is 12.4 Å². The Kier molecular flexibility index (Phi) is 8.36. The van der Waals surface area contributed by atoms with Crippen LogP contribution in [-0.2, 0) is 9.53 Å². The number of amides is 1. The van der Waals surface area contributed by atoms with Crippen LogP contribution in [0.4, 0.5) is 5.82 Å². The Balaban J connectivity index is 1.32. The van der Waals surface area contributed by atoms with E-state index in [2.05, 4.69) is 16.0 Å². The summed E-state index contributed by atoms with van der Waals surface area (Å²) in [4.78, 5) is 33.1. The Bertz CT molecular complexity index is 1600. The number of carbonyl (C=O) groups is 2. The van der Waals surface area contributed by atoms with Crippen LogP contribution in [0, 0.1) is 18.3 Å². The number of nitriles is 1. The largest absolute Gasteiger partial charge is 0.457 e. The maximum Gasteiger partial charge on any atom is 0.298 e. The van der Waals surface area contributed by atoms with Crippen molar-refractivity contribution < 1.29 is 19.1 Å². The van der Waals surface area contributed by atoms with Crippen molar-refractivity contribution in [3.63, 3.8) is 0 Å². The summed E-state index contributed by atoms with van der Waals surface area (Å²) in [6.07, 6.45) is 3.30. The molecule has 2 heterocycles. The zero-order chi connectivity index (χ0) is 28.6. The van der Waals surface area contributed by atoms with Crippen molar-refractivity contribution in [3.05, 3.63) is 119 Å². The molecular formula is C33H28N4O4. The second-order valence-electron chi connectivity index (χ2n) is 9.54. The molecule has 1 fully saturated rings. The van der Waals surface area contributed by atoms with E-state index in [1.807, 2.05) is 78.6 Å². The zero-order valence-corrected chi connectivity index (χ0v) is 22.6. The molecule has 1 amide bonds. The molecule has 3 aromatic carbocycles. The van der Waals surface area contributed by atoms with Crippen molar-refractivity contribution in [1.82, 2.24) is 9.88 Å². The van der Waals surface area contributed by atoms with Crippen molar-refractivity contribution in [2.24, 2.45) is 0 Å². The fourth-order valence-corrected chi connectivity index (χ4v) is 4.66. The molecule has 8 heteroatoms. The van der Waals surface area contributed by atoms with Gasteiger partial charge in [-0.2, -0.15) is 5.26 Å². The second-order valence-corrected chi connectivity index (χ2v) is 9.54. The number of pyridine rings is 1. The molecule has 1 saturated heterocycles. The molecule has 0 spiro atoms. The van der Waals surface area contributed by atoms with Crippen LogP contribution in [0.1, 0.15) is 32.6 Å². The maximum atomic E-state index is 13.4. The van der Waals surface area contributed by atoms with Crippen LogP contribution < -0.4 is 9.64 Å². The van der Waals surface area contributed by atoms with Crippen LogP contribution in [0.15, 0.2) is 91.1 Å². The van der Waals surface area contributed by atoms with Gasteiger partial charge in [0, 0.05) is 43.5 Å². The molecule has 5 rings (SSSR count). The van der Waals surface area contributed by atoms with Crippen LogP contribution >= 0.6 is 0 Å². The maximum absolute atomic E-state index is 13.4. The smallest absolute Gasteiger partial charge is 0.298 e. The molecule has 0 unspecified atom stereocenters. The number of para-hydroxylation sites is 1. The van der Waals surface area contributed by atoms with E-state index < -0.39 is 0 Å². The van der Waals surface area contributed by atoms with E-state index in [1.165, 1.54) is 0 Å². The lowest BCUT2D eigenvalue weighted by molar-refractivity contribution is -0.122. The van der Waals surface area contributed by atoms with E-state index in [0.29, 0.717) is 66.6 Å². The molecule has 1 aliphatic heterocycles. The minimum atomic E-state index is -0.0695. The Morgan fingerprint density at radius 3 is 2.44 bits per heavy atom. The third-order valence-electron chi connectivity index (χ3n) is 6.83. The van der Waals surface area contributed by atoms with Crippen molar-refractivity contribution in [2.45, 2.75) is 6.92 Å². The summed E-state index contributed by atoms with van der Waals surface area (Å²) in [7, 11) is 0. The molecule has 41 heavy (non-hydrogen) atoms. The quantitative estimate of drug-likeness (QED) is 0.160. The van der Waals surface area contributed by atoms with Crippen molar-refractivity contribution >= 4 is 30.0 Å². The topological polar surface area (TPSA) is 95.8 Å². The average Bonchev–Trinajstić information content (AvgIpc) is 3.02. The van der Waals surface area contributed by atoms with E-state index >= 15 is 0 Å². The van der Waals surface area contributed by atoms with Crippen LogP contribution in [0.5, 0.6) is 11.5 Å². The summed E-state index contributed by atoms with van der Waals surface area (Å²) < 4.78 is 11.4. The Morgan fingerprint density at radius 1 is 0.927 bits per heavy atom. The lowest BCUT2D eigenvalue weighted by Crippen LogP contribution is -2.49. The highest BCUT2D eigenvalue weighted by molar-refractivity contribution is 5.95. The molecular weight excluding hydrogens is 516 g/mol. The van der Waals surface area contributed by atoms with Gasteiger partial charge in [-0.3, -0.25) is 9.59 Å². The van der Waals surface area contributed by atoms with Gasteiger partial charge in [-0.1, -0.05) is 36.4 Å². The van der Waals surface area contributed by atoms with Gasteiger partial charge in [-0.05, 0) is 72.7 Å². The first-order valence-electron chi connectivity index (χ1n) is 13.2. The molecule has 0 N–H and O–H groups in total. The monoisotopic (exact) mass is 544 g/mol. The number of rotatable bonds is 8. The molecule has 1 aromatic heterocycles. The molecule has 0 radical (unpaired) electrons. The summed E-state index contributed by atoms with van der Waals surface area (Å²) in [5.41, 5.74) is 3.39. The van der Waals surface area contributed by atoms with Gasteiger partial charge in [0.05, 0.1) is 5.56 Å². The highest BCUT2D eigenvalue weighted by atomic mass is 16.5. The lowest BCUT2D eigenvalue weighted by atomic mass is 10.0. The number of nitrogens with zero attached hydrogens (tertiary/aromatic N) is 4. The van der Waals surface area contributed by atoms with E-state index in [0.717, 1.165) is 16.9 Å². The van der Waals surface area contributed by atoms with Crippen molar-refractivity contribution in [1.29, 1.82) is 5.26 Å². The third-order valence-corrected chi connectivity index (χ3v) is 6.83. The predicted molar refractivity (Wildman–Crippen MR) is 156 cm³/mol. The SMILES string of the molecule is Cc1ccc(Oc2ccccc2)cc1/C(=C/c1cccc(C(=O)N2CCN(c3ccc(C#N)cn3)CC2)c1)OC=O. The van der Waals surface area contributed by atoms with Crippen molar-refractivity contribution in [2.75, 3.05) is 31.1 Å². The van der Waals surface area contributed by atoms with Gasteiger partial charge in [0.15, 0.2) is 0 Å². The Morgan fingerprint density at radius 2 is 1.73 bits per heavy atom. The number of aryl methyl sites for hydroxylation is 1. The molecule has 0 saturated carbocycles. The van der Waals surface area contributed by atoms with E-state index in [4.69, 9.17) is 14.7 Å². The van der Waals surface area contributed by atoms with Gasteiger partial charge in [0.1, 0.15) is 29.1 Å². The first-order valence-corrected chi connectivity index (χ1v) is 13.2. The van der Waals surface area contributed by atoms with Crippen LogP contribution in [-0.4, -0.2) is 48.4 Å². The second kappa shape index (κ2) is 12.6. The first-order chi connectivity index (χ1) is 20.0. The fourth-order valence-electron chi connectivity index (χ4n) is 4.66. The minimum absolute atomic E-state index is 0.0695. The summed E-state index contributed by atoms with van der Waals surface area (Å²) in [6, 6.07) is 27.9. The molecule has 1 aliphatic rings. The number of ether oxygens (including phenoxy) is 2. The molecule has 4 aromatic rings. The summed E-state index contributed by atoms with van der Waals surface area (Å²) in [5, 5.41) is 8.99. The van der Waals surface area contributed by atoms with Gasteiger partial charge in [0.2, 0.25) is 0 Å². The minimum Gasteiger partial charge on any atom is -0.457 e. The number of benzene rings is 3. The number of hydrogen-bond donors (Lipinski definition) is 0. The van der Waals surface area contributed by atoms with E-state index in [9.17, 15) is 9.59 Å². The lowest BCUT2D eigenvalue weighted by Gasteiger charge is -2.35. The summed E-state index contributed by atoms with van der Waals surface area (Å²) in [6.45, 7) is 4.70. The normalized spacial score (nSPS) is 13.3. The standard InChI is InChI=1S/C33H28N4O4/c1-24-10-12-29(41-28-8-3-2-4-9-28)20-30(24)31(40-23-38)19-25-6-5-7-27(18-25)33(39)37-16-14-36(15-17-37)32-13-11-26(21-34)22-35-32/h2-13,18-20,22-23H,14-17H2,1H3/b31-19-. The fraction of sp³-hybridized carbons (Fsp3) is 0.152. The molecule has 8 nitrogen and oxygen atoms in total. The highest BCUT2D eigenvalue weighted by Crippen LogP contribution is 2.29. The van der Waals surface area contributed by atoms with Gasteiger partial charge in [-0.15, -0.1) is 0 Å². The molecule has 0 bridgehead atoms. The van der Waals surface area contributed by atoms with Crippen LogP contribution in [0.3, 0.4) is 0 Å². The third kappa shape index (κ3) is 6.60. The van der Waals surface area contributed by atoms with Gasteiger partial charge < -0.3 is 19.3 Å². The average molecular weight is 545 g/mol. The van der Waals surface area contributed by atoms with Crippen LogP contribution in [0.25, 0.3) is 11.8 Å².